The number of benzene rings is 1. The second-order valence-electron chi connectivity index (χ2n) is 5.72. The lowest BCUT2D eigenvalue weighted by Gasteiger charge is -2.24. The summed E-state index contributed by atoms with van der Waals surface area (Å²) in [6.45, 7) is 1.44. The van der Waals surface area contributed by atoms with Crippen LogP contribution in [0.4, 0.5) is 0 Å². The van der Waals surface area contributed by atoms with E-state index in [9.17, 15) is 4.79 Å². The number of likely N-dealkylation sites (tertiary alicyclic amines) is 1. The van der Waals surface area contributed by atoms with Gasteiger partial charge in [-0.05, 0) is 61.8 Å². The molecule has 0 radical (unpaired) electrons. The topological polar surface area (TPSA) is 46.3 Å². The van der Waals surface area contributed by atoms with E-state index < -0.39 is 0 Å². The number of carbonyl (C=O) groups is 1. The summed E-state index contributed by atoms with van der Waals surface area (Å²) in [5.41, 5.74) is 9.41. The first-order valence-corrected chi connectivity index (χ1v) is 7.42. The zero-order valence-electron chi connectivity index (χ0n) is 11.8. The normalized spacial score (nSPS) is 21.2. The van der Waals surface area contributed by atoms with Crippen molar-refractivity contribution in [2.45, 2.75) is 44.6 Å². The van der Waals surface area contributed by atoms with Crippen LogP contribution in [0.2, 0.25) is 0 Å². The van der Waals surface area contributed by atoms with Gasteiger partial charge < -0.3 is 10.6 Å². The molecule has 1 heterocycles. The zero-order chi connectivity index (χ0) is 13.2. The van der Waals surface area contributed by atoms with Gasteiger partial charge in [0.25, 0.3) is 5.91 Å². The van der Waals surface area contributed by atoms with Gasteiger partial charge in [-0.25, -0.2) is 0 Å². The van der Waals surface area contributed by atoms with Crippen molar-refractivity contribution in [3.63, 3.8) is 0 Å². The van der Waals surface area contributed by atoms with Crippen LogP contribution in [0.1, 0.15) is 47.2 Å². The van der Waals surface area contributed by atoms with Crippen LogP contribution < -0.4 is 5.73 Å². The molecule has 3 nitrogen and oxygen atoms in total. The minimum atomic E-state index is 0. The summed E-state index contributed by atoms with van der Waals surface area (Å²) >= 11 is 0. The van der Waals surface area contributed by atoms with Crippen molar-refractivity contribution in [1.82, 2.24) is 4.90 Å². The third kappa shape index (κ3) is 2.84. The van der Waals surface area contributed by atoms with Crippen molar-refractivity contribution in [1.29, 1.82) is 0 Å². The standard InChI is InChI=1S/C16H22N2O.ClH/c17-11-15-6-3-9-18(15)16(19)14-8-7-12-4-1-2-5-13(12)10-14;/h7-8,10,15H,1-6,9,11,17H2;1H. The van der Waals surface area contributed by atoms with Gasteiger partial charge in [0, 0.05) is 24.7 Å². The Morgan fingerprint density at radius 2 is 1.95 bits per heavy atom. The number of rotatable bonds is 2. The number of nitrogens with zero attached hydrogens (tertiary/aromatic N) is 1. The van der Waals surface area contributed by atoms with Crippen molar-refractivity contribution in [3.05, 3.63) is 34.9 Å². The largest absolute Gasteiger partial charge is 0.334 e. The monoisotopic (exact) mass is 294 g/mol. The van der Waals surface area contributed by atoms with Gasteiger partial charge in [-0.2, -0.15) is 0 Å². The van der Waals surface area contributed by atoms with Crippen LogP contribution in [-0.4, -0.2) is 29.9 Å². The van der Waals surface area contributed by atoms with Crippen LogP contribution in [0.3, 0.4) is 0 Å². The molecule has 2 aliphatic rings. The van der Waals surface area contributed by atoms with E-state index in [1.807, 2.05) is 11.0 Å². The van der Waals surface area contributed by atoms with Crippen LogP contribution in [0.5, 0.6) is 0 Å². The van der Waals surface area contributed by atoms with Crippen LogP contribution >= 0.6 is 12.4 Å². The van der Waals surface area contributed by atoms with Crippen LogP contribution in [0.15, 0.2) is 18.2 Å². The summed E-state index contributed by atoms with van der Waals surface area (Å²) < 4.78 is 0. The van der Waals surface area contributed by atoms with E-state index in [0.717, 1.165) is 31.4 Å². The van der Waals surface area contributed by atoms with Gasteiger partial charge in [-0.3, -0.25) is 4.79 Å². The first kappa shape index (κ1) is 15.3. The highest BCUT2D eigenvalue weighted by molar-refractivity contribution is 5.95. The molecule has 20 heavy (non-hydrogen) atoms. The summed E-state index contributed by atoms with van der Waals surface area (Å²) in [6, 6.07) is 6.50. The molecule has 0 aromatic heterocycles. The molecule has 0 bridgehead atoms. The number of halogens is 1. The predicted molar refractivity (Wildman–Crippen MR) is 83.4 cm³/mol. The Morgan fingerprint density at radius 1 is 1.20 bits per heavy atom. The van der Waals surface area contributed by atoms with E-state index in [1.54, 1.807) is 0 Å². The molecular weight excluding hydrogens is 272 g/mol. The summed E-state index contributed by atoms with van der Waals surface area (Å²) in [5.74, 6) is 0.168. The fourth-order valence-corrected chi connectivity index (χ4v) is 3.38. The molecule has 1 aromatic rings. The lowest BCUT2D eigenvalue weighted by molar-refractivity contribution is 0.0741. The molecule has 4 heteroatoms. The first-order chi connectivity index (χ1) is 9.29. The first-order valence-electron chi connectivity index (χ1n) is 7.42. The zero-order valence-corrected chi connectivity index (χ0v) is 12.6. The number of hydrogen-bond acceptors (Lipinski definition) is 2. The lowest BCUT2D eigenvalue weighted by atomic mass is 9.90. The average molecular weight is 295 g/mol. The maximum Gasteiger partial charge on any atom is 0.254 e. The highest BCUT2D eigenvalue weighted by Gasteiger charge is 2.28. The van der Waals surface area contributed by atoms with Gasteiger partial charge >= 0.3 is 0 Å². The molecule has 1 atom stereocenters. The van der Waals surface area contributed by atoms with E-state index in [2.05, 4.69) is 12.1 Å². The second-order valence-corrected chi connectivity index (χ2v) is 5.72. The average Bonchev–Trinajstić information content (AvgIpc) is 2.94. The fraction of sp³-hybridized carbons (Fsp3) is 0.562. The Morgan fingerprint density at radius 3 is 2.70 bits per heavy atom. The molecule has 1 amide bonds. The Kier molecular flexibility index (Phi) is 5.06. The van der Waals surface area contributed by atoms with Gasteiger partial charge in [-0.1, -0.05) is 6.07 Å². The van der Waals surface area contributed by atoms with Crippen molar-refractivity contribution in [3.8, 4) is 0 Å². The van der Waals surface area contributed by atoms with Gasteiger partial charge in [0.05, 0.1) is 0 Å². The molecule has 1 aromatic carbocycles. The van der Waals surface area contributed by atoms with Crippen LogP contribution in [-0.2, 0) is 12.8 Å². The number of hydrogen-bond donors (Lipinski definition) is 1. The van der Waals surface area contributed by atoms with E-state index in [0.29, 0.717) is 6.54 Å². The highest BCUT2D eigenvalue weighted by atomic mass is 35.5. The van der Waals surface area contributed by atoms with Gasteiger partial charge in [0.1, 0.15) is 0 Å². The number of carbonyl (C=O) groups excluding carboxylic acids is 1. The summed E-state index contributed by atoms with van der Waals surface area (Å²) in [4.78, 5) is 14.5. The molecule has 0 saturated carbocycles. The third-order valence-electron chi connectivity index (χ3n) is 4.51. The number of fused-ring (bicyclic) bond motifs is 1. The maximum absolute atomic E-state index is 12.6. The molecule has 110 valence electrons. The Hall–Kier alpha value is -1.06. The number of aryl methyl sites for hydroxylation is 2. The fourth-order valence-electron chi connectivity index (χ4n) is 3.38. The van der Waals surface area contributed by atoms with Crippen molar-refractivity contribution in [2.24, 2.45) is 5.73 Å². The van der Waals surface area contributed by atoms with Gasteiger partial charge in [-0.15, -0.1) is 12.4 Å². The summed E-state index contributed by atoms with van der Waals surface area (Å²) in [5, 5.41) is 0. The van der Waals surface area contributed by atoms with E-state index in [4.69, 9.17) is 5.73 Å². The second kappa shape index (κ2) is 6.59. The SMILES string of the molecule is Cl.NCC1CCCN1C(=O)c1ccc2c(c1)CCCC2. The molecule has 1 saturated heterocycles. The molecule has 1 aliphatic heterocycles. The molecular formula is C16H23ClN2O. The Bertz CT molecular complexity index is 489. The third-order valence-corrected chi connectivity index (χ3v) is 4.51. The molecule has 2 N–H and O–H groups in total. The number of amides is 1. The summed E-state index contributed by atoms with van der Waals surface area (Å²) in [7, 11) is 0. The molecule has 1 unspecified atom stereocenters. The molecule has 1 fully saturated rings. The lowest BCUT2D eigenvalue weighted by Crippen LogP contribution is -2.39. The quantitative estimate of drug-likeness (QED) is 0.911. The van der Waals surface area contributed by atoms with Crippen molar-refractivity contribution in [2.75, 3.05) is 13.1 Å². The molecule has 0 spiro atoms. The van der Waals surface area contributed by atoms with Crippen molar-refractivity contribution < 1.29 is 4.79 Å². The smallest absolute Gasteiger partial charge is 0.254 e. The number of nitrogens with two attached hydrogens (primary N) is 1. The van der Waals surface area contributed by atoms with E-state index in [1.165, 1.54) is 30.4 Å². The molecule has 1 aliphatic carbocycles. The summed E-state index contributed by atoms with van der Waals surface area (Å²) in [6.07, 6.45) is 6.95. The van der Waals surface area contributed by atoms with E-state index >= 15 is 0 Å². The van der Waals surface area contributed by atoms with Gasteiger partial charge in [0.2, 0.25) is 0 Å². The minimum Gasteiger partial charge on any atom is -0.334 e. The van der Waals surface area contributed by atoms with E-state index in [-0.39, 0.29) is 24.4 Å². The van der Waals surface area contributed by atoms with Crippen LogP contribution in [0.25, 0.3) is 0 Å². The Balaban J connectivity index is 0.00000147. The maximum atomic E-state index is 12.6. The molecule has 3 rings (SSSR count). The highest BCUT2D eigenvalue weighted by Crippen LogP contribution is 2.24. The Labute approximate surface area is 126 Å². The predicted octanol–water partition coefficient (Wildman–Crippen LogP) is 2.55. The minimum absolute atomic E-state index is 0. The van der Waals surface area contributed by atoms with Crippen molar-refractivity contribution >= 4 is 18.3 Å². The van der Waals surface area contributed by atoms with Crippen LogP contribution in [0, 0.1) is 0 Å². The van der Waals surface area contributed by atoms with Gasteiger partial charge in [0.15, 0.2) is 0 Å².